The topological polar surface area (TPSA) is 38.3 Å². The van der Waals surface area contributed by atoms with Crippen LogP contribution in [0.15, 0.2) is 18.2 Å². The summed E-state index contributed by atoms with van der Waals surface area (Å²) in [6.45, 7) is 1.49. The molecule has 96 valence electrons. The molecule has 1 fully saturated rings. The van der Waals surface area contributed by atoms with Crippen molar-refractivity contribution in [3.05, 3.63) is 29.3 Å². The van der Waals surface area contributed by atoms with Crippen molar-refractivity contribution in [3.8, 4) is 0 Å². The maximum absolute atomic E-state index is 12.0. The van der Waals surface area contributed by atoms with Crippen LogP contribution in [0.5, 0.6) is 0 Å². The number of nitrogens with one attached hydrogen (secondary N) is 1. The quantitative estimate of drug-likeness (QED) is 0.870. The Balaban J connectivity index is 1.70. The molecule has 1 heterocycles. The third kappa shape index (κ3) is 2.41. The Bertz CT molecular complexity index is 450. The van der Waals surface area contributed by atoms with Crippen LogP contribution in [0.25, 0.3) is 0 Å². The molecule has 0 aromatic heterocycles. The van der Waals surface area contributed by atoms with Crippen molar-refractivity contribution in [2.24, 2.45) is 5.92 Å². The van der Waals surface area contributed by atoms with E-state index in [0.717, 1.165) is 31.6 Å². The molecule has 3 nitrogen and oxygen atoms in total. The Kier molecular flexibility index (Phi) is 3.33. The van der Waals surface area contributed by atoms with Gasteiger partial charge in [0.1, 0.15) is 0 Å². The smallest absolute Gasteiger partial charge is 0.227 e. The van der Waals surface area contributed by atoms with E-state index in [1.807, 2.05) is 6.07 Å². The zero-order valence-corrected chi connectivity index (χ0v) is 10.6. The number of anilines is 1. The minimum absolute atomic E-state index is 0.194. The highest BCUT2D eigenvalue weighted by Crippen LogP contribution is 2.27. The van der Waals surface area contributed by atoms with Gasteiger partial charge in [0, 0.05) is 11.6 Å². The summed E-state index contributed by atoms with van der Waals surface area (Å²) < 4.78 is 5.41. The summed E-state index contributed by atoms with van der Waals surface area (Å²) in [5, 5.41) is 3.05. The molecule has 0 atom stereocenters. The van der Waals surface area contributed by atoms with Gasteiger partial charge < -0.3 is 10.1 Å². The molecule has 1 aromatic carbocycles. The highest BCUT2D eigenvalue weighted by atomic mass is 16.5. The molecular weight excluding hydrogens is 226 g/mol. The number of amides is 1. The molecule has 0 unspecified atom stereocenters. The van der Waals surface area contributed by atoms with E-state index in [2.05, 4.69) is 17.4 Å². The lowest BCUT2D eigenvalue weighted by atomic mass is 10.0. The molecular formula is C15H19NO2. The molecule has 2 aliphatic rings. The molecule has 0 saturated heterocycles. The van der Waals surface area contributed by atoms with Crippen LogP contribution in [0.1, 0.15) is 36.8 Å². The summed E-state index contributed by atoms with van der Waals surface area (Å²) in [7, 11) is 0. The lowest BCUT2D eigenvalue weighted by Crippen LogP contribution is -2.20. The van der Waals surface area contributed by atoms with Crippen LogP contribution in [0, 0.1) is 5.92 Å². The molecule has 1 saturated carbocycles. The highest BCUT2D eigenvalue weighted by molar-refractivity contribution is 5.92. The van der Waals surface area contributed by atoms with Crippen LogP contribution in [0.4, 0.5) is 5.69 Å². The van der Waals surface area contributed by atoms with Crippen LogP contribution < -0.4 is 5.32 Å². The molecule has 1 N–H and O–H groups in total. The fourth-order valence-corrected chi connectivity index (χ4v) is 2.87. The Morgan fingerprint density at radius 1 is 1.22 bits per heavy atom. The van der Waals surface area contributed by atoms with Gasteiger partial charge in [-0.05, 0) is 42.5 Å². The molecule has 18 heavy (non-hydrogen) atoms. The second-order valence-electron chi connectivity index (χ2n) is 5.26. The van der Waals surface area contributed by atoms with Crippen LogP contribution in [-0.2, 0) is 22.6 Å². The minimum Gasteiger partial charge on any atom is -0.376 e. The van der Waals surface area contributed by atoms with Crippen molar-refractivity contribution in [1.29, 1.82) is 0 Å². The summed E-state index contributed by atoms with van der Waals surface area (Å²) in [5.41, 5.74) is 3.50. The molecule has 1 aromatic rings. The van der Waals surface area contributed by atoms with Crippen LogP contribution in [0.2, 0.25) is 0 Å². The summed E-state index contributed by atoms with van der Waals surface area (Å²) >= 11 is 0. The minimum atomic E-state index is 0.194. The standard InChI is InChI=1S/C15H19NO2/c17-15(11-3-1-2-4-11)16-14-6-5-13-10-18-8-7-12(13)9-14/h5-6,9,11H,1-4,7-8,10H2,(H,16,17). The summed E-state index contributed by atoms with van der Waals surface area (Å²) in [6, 6.07) is 6.16. The number of hydrogen-bond donors (Lipinski definition) is 1. The summed E-state index contributed by atoms with van der Waals surface area (Å²) in [5.74, 6) is 0.420. The van der Waals surface area contributed by atoms with Gasteiger partial charge in [0.2, 0.25) is 5.91 Å². The van der Waals surface area contributed by atoms with Gasteiger partial charge in [0.05, 0.1) is 13.2 Å². The number of ether oxygens (including phenoxy) is 1. The fourth-order valence-electron chi connectivity index (χ4n) is 2.87. The first-order chi connectivity index (χ1) is 8.83. The average Bonchev–Trinajstić information content (AvgIpc) is 2.92. The molecule has 3 heteroatoms. The van der Waals surface area contributed by atoms with Crippen LogP contribution in [-0.4, -0.2) is 12.5 Å². The number of benzene rings is 1. The third-order valence-electron chi connectivity index (χ3n) is 3.97. The number of fused-ring (bicyclic) bond motifs is 1. The molecule has 0 bridgehead atoms. The van der Waals surface area contributed by atoms with Gasteiger partial charge in [-0.25, -0.2) is 0 Å². The van der Waals surface area contributed by atoms with Crippen molar-refractivity contribution in [1.82, 2.24) is 0 Å². The van der Waals surface area contributed by atoms with Crippen molar-refractivity contribution < 1.29 is 9.53 Å². The van der Waals surface area contributed by atoms with E-state index in [-0.39, 0.29) is 11.8 Å². The monoisotopic (exact) mass is 245 g/mol. The maximum Gasteiger partial charge on any atom is 0.227 e. The first-order valence-electron chi connectivity index (χ1n) is 6.83. The molecule has 1 aliphatic heterocycles. The largest absolute Gasteiger partial charge is 0.376 e. The zero-order valence-electron chi connectivity index (χ0n) is 10.6. The second kappa shape index (κ2) is 5.11. The van der Waals surface area contributed by atoms with E-state index in [1.54, 1.807) is 0 Å². The van der Waals surface area contributed by atoms with E-state index in [1.165, 1.54) is 24.0 Å². The number of carbonyl (C=O) groups excluding carboxylic acids is 1. The summed E-state index contributed by atoms with van der Waals surface area (Å²) in [6.07, 6.45) is 5.43. The van der Waals surface area contributed by atoms with Gasteiger partial charge in [-0.3, -0.25) is 4.79 Å². The third-order valence-corrected chi connectivity index (χ3v) is 3.97. The first kappa shape index (κ1) is 11.7. The lowest BCUT2D eigenvalue weighted by Gasteiger charge is -2.18. The first-order valence-corrected chi connectivity index (χ1v) is 6.83. The molecule has 0 radical (unpaired) electrons. The Morgan fingerprint density at radius 2 is 2.06 bits per heavy atom. The van der Waals surface area contributed by atoms with Crippen molar-refractivity contribution >= 4 is 11.6 Å². The fraction of sp³-hybridized carbons (Fsp3) is 0.533. The van der Waals surface area contributed by atoms with Crippen molar-refractivity contribution in [2.75, 3.05) is 11.9 Å². The Morgan fingerprint density at radius 3 is 2.89 bits per heavy atom. The molecule has 1 amide bonds. The van der Waals surface area contributed by atoms with E-state index < -0.39 is 0 Å². The van der Waals surface area contributed by atoms with Crippen molar-refractivity contribution in [3.63, 3.8) is 0 Å². The lowest BCUT2D eigenvalue weighted by molar-refractivity contribution is -0.119. The Hall–Kier alpha value is -1.35. The predicted octanol–water partition coefficient (Wildman–Crippen LogP) is 2.89. The van der Waals surface area contributed by atoms with Crippen molar-refractivity contribution in [2.45, 2.75) is 38.7 Å². The highest BCUT2D eigenvalue weighted by Gasteiger charge is 2.22. The predicted molar refractivity (Wildman–Crippen MR) is 70.4 cm³/mol. The Labute approximate surface area is 108 Å². The van der Waals surface area contributed by atoms with Crippen LogP contribution >= 0.6 is 0 Å². The molecule has 1 aliphatic carbocycles. The molecule has 3 rings (SSSR count). The number of hydrogen-bond acceptors (Lipinski definition) is 2. The second-order valence-corrected chi connectivity index (χ2v) is 5.26. The van der Waals surface area contributed by atoms with E-state index in [9.17, 15) is 4.79 Å². The summed E-state index contributed by atoms with van der Waals surface area (Å²) in [4.78, 5) is 12.0. The number of carbonyl (C=O) groups is 1. The number of rotatable bonds is 2. The van der Waals surface area contributed by atoms with E-state index in [0.29, 0.717) is 6.61 Å². The normalized spacial score (nSPS) is 19.6. The molecule has 0 spiro atoms. The average molecular weight is 245 g/mol. The van der Waals surface area contributed by atoms with E-state index in [4.69, 9.17) is 4.74 Å². The zero-order chi connectivity index (χ0) is 12.4. The van der Waals surface area contributed by atoms with Gasteiger partial charge in [0.15, 0.2) is 0 Å². The van der Waals surface area contributed by atoms with E-state index >= 15 is 0 Å². The van der Waals surface area contributed by atoms with Gasteiger partial charge in [-0.2, -0.15) is 0 Å². The van der Waals surface area contributed by atoms with Gasteiger partial charge in [-0.1, -0.05) is 18.9 Å². The van der Waals surface area contributed by atoms with Gasteiger partial charge in [0.25, 0.3) is 0 Å². The van der Waals surface area contributed by atoms with Crippen LogP contribution in [0.3, 0.4) is 0 Å². The SMILES string of the molecule is O=C(Nc1ccc2c(c1)CCOC2)C1CCCC1. The van der Waals surface area contributed by atoms with Gasteiger partial charge in [-0.15, -0.1) is 0 Å². The van der Waals surface area contributed by atoms with Gasteiger partial charge >= 0.3 is 0 Å². The maximum atomic E-state index is 12.0.